The van der Waals surface area contributed by atoms with E-state index in [0.717, 1.165) is 12.1 Å². The number of rotatable bonds is 3. The largest absolute Gasteiger partial charge is 0.416 e. The first-order valence-electron chi connectivity index (χ1n) is 6.90. The second-order valence-electron chi connectivity index (χ2n) is 4.94. The van der Waals surface area contributed by atoms with Crippen molar-refractivity contribution in [1.29, 1.82) is 0 Å². The zero-order valence-electron chi connectivity index (χ0n) is 12.3. The molecule has 0 saturated heterocycles. The van der Waals surface area contributed by atoms with Crippen molar-refractivity contribution in [3.8, 4) is 11.4 Å². The molecule has 0 aliphatic heterocycles. The fourth-order valence-corrected chi connectivity index (χ4v) is 3.64. The van der Waals surface area contributed by atoms with Crippen LogP contribution in [0.5, 0.6) is 0 Å². The predicted octanol–water partition coefficient (Wildman–Crippen LogP) is 4.31. The molecule has 3 aromatic heterocycles. The highest BCUT2D eigenvalue weighted by atomic mass is 79.9. The van der Waals surface area contributed by atoms with Crippen molar-refractivity contribution in [2.45, 2.75) is 18.0 Å². The number of aromatic nitrogens is 3. The van der Waals surface area contributed by atoms with Crippen molar-refractivity contribution in [3.05, 3.63) is 46.8 Å². The first kappa shape index (κ1) is 17.1. The van der Waals surface area contributed by atoms with E-state index in [0.29, 0.717) is 26.5 Å². The maximum Gasteiger partial charge on any atom is 0.416 e. The maximum atomic E-state index is 12.8. The summed E-state index contributed by atoms with van der Waals surface area (Å²) >= 11 is 3.28. The molecule has 0 N–H and O–H groups in total. The van der Waals surface area contributed by atoms with Gasteiger partial charge in [-0.1, -0.05) is 6.92 Å². The summed E-state index contributed by atoms with van der Waals surface area (Å²) < 4.78 is 52.8. The van der Waals surface area contributed by atoms with Crippen LogP contribution in [0.25, 0.3) is 17.0 Å². The molecule has 0 aliphatic carbocycles. The molecule has 3 rings (SSSR count). The van der Waals surface area contributed by atoms with E-state index in [1.807, 2.05) is 0 Å². The van der Waals surface area contributed by atoms with Gasteiger partial charge in [0.2, 0.25) is 0 Å². The Morgan fingerprint density at radius 2 is 2.08 bits per heavy atom. The first-order valence-corrected chi connectivity index (χ1v) is 9.01. The number of hydrogen-bond donors (Lipinski definition) is 0. The van der Waals surface area contributed by atoms with Gasteiger partial charge in [-0.05, 0) is 34.1 Å². The topological polar surface area (TPSA) is 47.3 Å². The van der Waals surface area contributed by atoms with Crippen LogP contribution in [0.15, 0.2) is 46.2 Å². The highest BCUT2D eigenvalue weighted by Crippen LogP contribution is 2.31. The third-order valence-electron chi connectivity index (χ3n) is 3.36. The lowest BCUT2D eigenvalue weighted by molar-refractivity contribution is -0.137. The Bertz CT molecular complexity index is 939. The second kappa shape index (κ2) is 6.29. The van der Waals surface area contributed by atoms with Crippen LogP contribution in [0.2, 0.25) is 0 Å². The van der Waals surface area contributed by atoms with Gasteiger partial charge in [-0.2, -0.15) is 13.2 Å². The minimum atomic E-state index is -4.43. The van der Waals surface area contributed by atoms with Gasteiger partial charge in [0.05, 0.1) is 21.3 Å². The van der Waals surface area contributed by atoms with Crippen molar-refractivity contribution >= 4 is 32.4 Å². The van der Waals surface area contributed by atoms with Crippen molar-refractivity contribution < 1.29 is 17.4 Å². The summed E-state index contributed by atoms with van der Waals surface area (Å²) in [7, 11) is -1.27. The van der Waals surface area contributed by atoms with Crippen LogP contribution in [-0.4, -0.2) is 24.3 Å². The molecule has 0 radical (unpaired) electrons. The Labute approximate surface area is 146 Å². The summed E-state index contributed by atoms with van der Waals surface area (Å²) in [5, 5.41) is 0. The normalized spacial score (nSPS) is 13.4. The lowest BCUT2D eigenvalue weighted by atomic mass is 10.2. The number of nitrogens with zero attached hydrogens (tertiary/aromatic N) is 3. The lowest BCUT2D eigenvalue weighted by Crippen LogP contribution is -2.05. The van der Waals surface area contributed by atoms with Crippen LogP contribution in [0.4, 0.5) is 13.2 Å². The molecule has 0 amide bonds. The van der Waals surface area contributed by atoms with Crippen LogP contribution in [-0.2, 0) is 17.0 Å². The van der Waals surface area contributed by atoms with Gasteiger partial charge in [0.25, 0.3) is 0 Å². The third-order valence-corrected chi connectivity index (χ3v) is 5.12. The Morgan fingerprint density at radius 3 is 2.75 bits per heavy atom. The molecular formula is C15H11BrF3N3OS. The molecule has 1 atom stereocenters. The molecule has 1 unspecified atom stereocenters. The van der Waals surface area contributed by atoms with E-state index in [1.165, 1.54) is 16.8 Å². The number of alkyl halides is 3. The Morgan fingerprint density at radius 1 is 1.33 bits per heavy atom. The Kier molecular flexibility index (Phi) is 4.48. The van der Waals surface area contributed by atoms with E-state index in [1.54, 1.807) is 19.2 Å². The van der Waals surface area contributed by atoms with E-state index >= 15 is 0 Å². The molecule has 0 spiro atoms. The quantitative estimate of drug-likeness (QED) is 0.637. The van der Waals surface area contributed by atoms with Gasteiger partial charge < -0.3 is 4.40 Å². The minimum absolute atomic E-state index is 0.151. The van der Waals surface area contributed by atoms with E-state index in [9.17, 15) is 17.4 Å². The maximum absolute atomic E-state index is 12.8. The Hall–Kier alpha value is -1.74. The molecular weight excluding hydrogens is 407 g/mol. The number of halogens is 4. The average Bonchev–Trinajstić information content (AvgIpc) is 2.96. The number of imidazole rings is 1. The predicted molar refractivity (Wildman–Crippen MR) is 88.1 cm³/mol. The first-order chi connectivity index (χ1) is 11.3. The van der Waals surface area contributed by atoms with Crippen molar-refractivity contribution in [3.63, 3.8) is 0 Å². The number of pyridine rings is 2. The fourth-order valence-electron chi connectivity index (χ4n) is 2.21. The molecule has 0 fully saturated rings. The van der Waals surface area contributed by atoms with E-state index < -0.39 is 22.5 Å². The average molecular weight is 418 g/mol. The lowest BCUT2D eigenvalue weighted by Gasteiger charge is -2.05. The monoisotopic (exact) mass is 417 g/mol. The standard InChI is InChI=1S/C15H11BrF3N3OS/c1-2-24(23)12-6-10(16)7-20-14(12)11-8-22-4-3-9(15(17,18)19)5-13(22)21-11/h3-8H,2H2,1H3. The van der Waals surface area contributed by atoms with Crippen LogP contribution in [0.3, 0.4) is 0 Å². The number of fused-ring (bicyclic) bond motifs is 1. The van der Waals surface area contributed by atoms with Crippen LogP contribution >= 0.6 is 15.9 Å². The van der Waals surface area contributed by atoms with E-state index in [2.05, 4.69) is 25.9 Å². The molecule has 3 heterocycles. The molecule has 0 aromatic carbocycles. The summed E-state index contributed by atoms with van der Waals surface area (Å²) in [6, 6.07) is 3.64. The van der Waals surface area contributed by atoms with Crippen LogP contribution in [0, 0.1) is 0 Å². The van der Waals surface area contributed by atoms with E-state index in [4.69, 9.17) is 0 Å². The van der Waals surface area contributed by atoms with Gasteiger partial charge in [-0.15, -0.1) is 0 Å². The molecule has 24 heavy (non-hydrogen) atoms. The SMILES string of the molecule is CCS(=O)c1cc(Br)cnc1-c1cn2ccc(C(F)(F)F)cc2n1. The fraction of sp³-hybridized carbons (Fsp3) is 0.200. The summed E-state index contributed by atoms with van der Waals surface area (Å²) in [4.78, 5) is 8.95. The third kappa shape index (κ3) is 3.23. The molecule has 4 nitrogen and oxygen atoms in total. The van der Waals surface area contributed by atoms with Gasteiger partial charge in [0, 0.05) is 28.8 Å². The highest BCUT2D eigenvalue weighted by molar-refractivity contribution is 9.10. The smallest absolute Gasteiger partial charge is 0.306 e. The van der Waals surface area contributed by atoms with Crippen molar-refractivity contribution in [2.75, 3.05) is 5.75 Å². The second-order valence-corrected chi connectivity index (χ2v) is 7.56. The summed E-state index contributed by atoms with van der Waals surface area (Å²) in [6.07, 6.45) is -0.0263. The van der Waals surface area contributed by atoms with Gasteiger partial charge >= 0.3 is 6.18 Å². The molecule has 126 valence electrons. The van der Waals surface area contributed by atoms with Gasteiger partial charge in [-0.3, -0.25) is 9.19 Å². The van der Waals surface area contributed by atoms with Crippen molar-refractivity contribution in [2.24, 2.45) is 0 Å². The highest BCUT2D eigenvalue weighted by Gasteiger charge is 2.31. The molecule has 0 bridgehead atoms. The van der Waals surface area contributed by atoms with Gasteiger partial charge in [-0.25, -0.2) is 4.98 Å². The van der Waals surface area contributed by atoms with Gasteiger partial charge in [0.1, 0.15) is 17.0 Å². The van der Waals surface area contributed by atoms with E-state index in [-0.39, 0.29) is 5.65 Å². The van der Waals surface area contributed by atoms with Crippen molar-refractivity contribution in [1.82, 2.24) is 14.4 Å². The molecule has 3 aromatic rings. The molecule has 0 saturated carbocycles. The summed E-state index contributed by atoms with van der Waals surface area (Å²) in [5.74, 6) is 0.400. The van der Waals surface area contributed by atoms with Crippen LogP contribution < -0.4 is 0 Å². The minimum Gasteiger partial charge on any atom is -0.306 e. The zero-order chi connectivity index (χ0) is 17.5. The molecule has 9 heteroatoms. The number of hydrogen-bond acceptors (Lipinski definition) is 3. The van der Waals surface area contributed by atoms with Gasteiger partial charge in [0.15, 0.2) is 0 Å². The van der Waals surface area contributed by atoms with Crippen LogP contribution in [0.1, 0.15) is 12.5 Å². The summed E-state index contributed by atoms with van der Waals surface area (Å²) in [6.45, 7) is 1.78. The summed E-state index contributed by atoms with van der Waals surface area (Å²) in [5.41, 5.74) is 0.153. The Balaban J connectivity index is 2.15. The molecule has 0 aliphatic rings. The zero-order valence-corrected chi connectivity index (χ0v) is 14.7.